The standard InChI is InChI=1S/C20H24N6O4S2/c27-17(21-15-5-1-2-6-15)13-31-20-23-22-19(32-20)25-10-8-24(9-11-25)18(28)14-4-3-7-16(12-14)26(29)30/h3-4,7,12,15H,1-2,5-6,8-11,13H2,(H,21,27). The van der Waals surface area contributed by atoms with Gasteiger partial charge in [0.05, 0.1) is 10.7 Å². The fourth-order valence-corrected chi connectivity index (χ4v) is 5.60. The molecule has 0 atom stereocenters. The number of aromatic nitrogens is 2. The van der Waals surface area contributed by atoms with Gasteiger partial charge in [-0.1, -0.05) is 42.0 Å². The molecule has 4 rings (SSSR count). The predicted octanol–water partition coefficient (Wildman–Crippen LogP) is 2.56. The van der Waals surface area contributed by atoms with Crippen molar-refractivity contribution in [3.8, 4) is 0 Å². The second kappa shape index (κ2) is 10.3. The number of hydrogen-bond acceptors (Lipinski definition) is 9. The first-order chi connectivity index (χ1) is 15.5. The van der Waals surface area contributed by atoms with Gasteiger partial charge in [0, 0.05) is 49.9 Å². The molecule has 2 aromatic rings. The van der Waals surface area contributed by atoms with Crippen LogP contribution < -0.4 is 10.2 Å². The minimum Gasteiger partial charge on any atom is -0.353 e. The minimum absolute atomic E-state index is 0.0342. The van der Waals surface area contributed by atoms with Crippen LogP contribution in [0.25, 0.3) is 0 Å². The fraction of sp³-hybridized carbons (Fsp3) is 0.500. The summed E-state index contributed by atoms with van der Waals surface area (Å²) in [5.74, 6) is 0.151. The number of non-ortho nitro benzene ring substituents is 1. The van der Waals surface area contributed by atoms with E-state index < -0.39 is 4.92 Å². The highest BCUT2D eigenvalue weighted by Crippen LogP contribution is 2.29. The van der Waals surface area contributed by atoms with Crippen LogP contribution in [-0.2, 0) is 4.79 Å². The Morgan fingerprint density at radius 2 is 1.94 bits per heavy atom. The van der Waals surface area contributed by atoms with Gasteiger partial charge in [-0.05, 0) is 18.9 Å². The Labute approximate surface area is 193 Å². The zero-order valence-electron chi connectivity index (χ0n) is 17.4. The molecule has 170 valence electrons. The lowest BCUT2D eigenvalue weighted by Gasteiger charge is -2.34. The van der Waals surface area contributed by atoms with E-state index in [-0.39, 0.29) is 17.5 Å². The van der Waals surface area contributed by atoms with E-state index in [0.717, 1.165) is 22.3 Å². The van der Waals surface area contributed by atoms with Gasteiger partial charge in [-0.15, -0.1) is 10.2 Å². The molecule has 1 N–H and O–H groups in total. The Morgan fingerprint density at radius 3 is 2.66 bits per heavy atom. The second-order valence-corrected chi connectivity index (χ2v) is 9.95. The third-order valence-electron chi connectivity index (χ3n) is 5.58. The van der Waals surface area contributed by atoms with Crippen molar-refractivity contribution in [1.82, 2.24) is 20.4 Å². The first-order valence-corrected chi connectivity index (χ1v) is 12.3. The molecule has 0 radical (unpaired) electrons. The van der Waals surface area contributed by atoms with Gasteiger partial charge in [0.2, 0.25) is 11.0 Å². The fourth-order valence-electron chi connectivity index (χ4n) is 3.89. The molecule has 1 saturated heterocycles. The summed E-state index contributed by atoms with van der Waals surface area (Å²) in [6.45, 7) is 2.19. The summed E-state index contributed by atoms with van der Waals surface area (Å²) < 4.78 is 0.747. The van der Waals surface area contributed by atoms with Gasteiger partial charge >= 0.3 is 0 Å². The van der Waals surface area contributed by atoms with Crippen LogP contribution in [0.5, 0.6) is 0 Å². The topological polar surface area (TPSA) is 122 Å². The van der Waals surface area contributed by atoms with Crippen molar-refractivity contribution in [2.45, 2.75) is 36.1 Å². The van der Waals surface area contributed by atoms with Crippen LogP contribution in [0.3, 0.4) is 0 Å². The summed E-state index contributed by atoms with van der Waals surface area (Å²) in [5.41, 5.74) is 0.225. The number of nitrogens with zero attached hydrogens (tertiary/aromatic N) is 5. The molecule has 0 bridgehead atoms. The number of benzene rings is 1. The number of rotatable bonds is 7. The maximum Gasteiger partial charge on any atom is 0.270 e. The summed E-state index contributed by atoms with van der Waals surface area (Å²) in [7, 11) is 0. The molecule has 1 aromatic carbocycles. The molecule has 2 aliphatic rings. The summed E-state index contributed by atoms with van der Waals surface area (Å²) >= 11 is 2.83. The largest absolute Gasteiger partial charge is 0.353 e. The van der Waals surface area contributed by atoms with E-state index in [4.69, 9.17) is 0 Å². The first-order valence-electron chi connectivity index (χ1n) is 10.5. The highest BCUT2D eigenvalue weighted by molar-refractivity contribution is 8.01. The van der Waals surface area contributed by atoms with E-state index >= 15 is 0 Å². The Hall–Kier alpha value is -2.73. The van der Waals surface area contributed by atoms with Crippen LogP contribution in [0.15, 0.2) is 28.6 Å². The monoisotopic (exact) mass is 476 g/mol. The lowest BCUT2D eigenvalue weighted by atomic mass is 10.1. The number of anilines is 1. The second-order valence-electron chi connectivity index (χ2n) is 7.77. The molecule has 0 unspecified atom stereocenters. The van der Waals surface area contributed by atoms with Gasteiger partial charge in [-0.3, -0.25) is 19.7 Å². The van der Waals surface area contributed by atoms with Gasteiger partial charge in [0.1, 0.15) is 0 Å². The van der Waals surface area contributed by atoms with Crippen LogP contribution >= 0.6 is 23.1 Å². The number of nitro groups is 1. The summed E-state index contributed by atoms with van der Waals surface area (Å²) in [6, 6.07) is 6.12. The SMILES string of the molecule is O=C(CSc1nnc(N2CCN(C(=O)c3cccc([N+](=O)[O-])c3)CC2)s1)NC1CCCC1. The maximum absolute atomic E-state index is 12.7. The van der Waals surface area contributed by atoms with Crippen molar-refractivity contribution in [3.05, 3.63) is 39.9 Å². The summed E-state index contributed by atoms with van der Waals surface area (Å²) in [4.78, 5) is 39.0. The molecule has 0 spiro atoms. The zero-order chi connectivity index (χ0) is 22.5. The third kappa shape index (κ3) is 5.54. The molecule has 32 heavy (non-hydrogen) atoms. The molecule has 10 nitrogen and oxygen atoms in total. The number of piperazine rings is 1. The average Bonchev–Trinajstić information content (AvgIpc) is 3.50. The van der Waals surface area contributed by atoms with Gasteiger partial charge in [-0.2, -0.15) is 0 Å². The van der Waals surface area contributed by atoms with E-state index in [1.54, 1.807) is 11.0 Å². The van der Waals surface area contributed by atoms with Crippen molar-refractivity contribution in [3.63, 3.8) is 0 Å². The smallest absolute Gasteiger partial charge is 0.270 e. The highest BCUT2D eigenvalue weighted by Gasteiger charge is 2.25. The van der Waals surface area contributed by atoms with Crippen LogP contribution in [0.4, 0.5) is 10.8 Å². The lowest BCUT2D eigenvalue weighted by molar-refractivity contribution is -0.384. The van der Waals surface area contributed by atoms with Crippen LogP contribution in [-0.4, -0.2) is 69.8 Å². The van der Waals surface area contributed by atoms with Gasteiger partial charge in [0.25, 0.3) is 11.6 Å². The molecular formula is C20H24N6O4S2. The Bertz CT molecular complexity index is 986. The van der Waals surface area contributed by atoms with Crippen LogP contribution in [0, 0.1) is 10.1 Å². The number of amides is 2. The number of thioether (sulfide) groups is 1. The Morgan fingerprint density at radius 1 is 1.19 bits per heavy atom. The number of carbonyl (C=O) groups excluding carboxylic acids is 2. The van der Waals surface area contributed by atoms with Gasteiger partial charge in [-0.25, -0.2) is 0 Å². The lowest BCUT2D eigenvalue weighted by Crippen LogP contribution is -2.48. The van der Waals surface area contributed by atoms with Crippen LogP contribution in [0.2, 0.25) is 0 Å². The van der Waals surface area contributed by atoms with Crippen molar-refractivity contribution >= 4 is 45.7 Å². The summed E-state index contributed by atoms with van der Waals surface area (Å²) in [6.07, 6.45) is 4.49. The predicted molar refractivity (Wildman–Crippen MR) is 122 cm³/mol. The van der Waals surface area contributed by atoms with Gasteiger partial charge < -0.3 is 15.1 Å². The number of carbonyl (C=O) groups is 2. The van der Waals surface area contributed by atoms with Crippen molar-refractivity contribution < 1.29 is 14.5 Å². The van der Waals surface area contributed by atoms with Crippen LogP contribution in [0.1, 0.15) is 36.0 Å². The molecule has 12 heteroatoms. The number of hydrogen-bond donors (Lipinski definition) is 1. The molecule has 1 saturated carbocycles. The number of nitro benzene ring substituents is 1. The highest BCUT2D eigenvalue weighted by atomic mass is 32.2. The van der Waals surface area contributed by atoms with E-state index in [9.17, 15) is 19.7 Å². The Kier molecular flexibility index (Phi) is 7.20. The Balaban J connectivity index is 1.26. The van der Waals surface area contributed by atoms with E-state index in [1.807, 2.05) is 0 Å². The quantitative estimate of drug-likeness (QED) is 0.368. The normalized spacial score (nSPS) is 16.9. The zero-order valence-corrected chi connectivity index (χ0v) is 19.1. The van der Waals surface area contributed by atoms with Crippen molar-refractivity contribution in [1.29, 1.82) is 0 Å². The molecule has 1 aliphatic carbocycles. The molecule has 2 heterocycles. The first kappa shape index (κ1) is 22.5. The average molecular weight is 477 g/mol. The summed E-state index contributed by atoms with van der Waals surface area (Å²) in [5, 5.41) is 23.2. The van der Waals surface area contributed by atoms with E-state index in [2.05, 4.69) is 20.4 Å². The van der Waals surface area contributed by atoms with Crippen molar-refractivity contribution in [2.24, 2.45) is 0 Å². The van der Waals surface area contributed by atoms with Crippen molar-refractivity contribution in [2.75, 3.05) is 36.8 Å². The molecule has 2 amide bonds. The third-order valence-corrected chi connectivity index (χ3v) is 7.70. The molecule has 2 fully saturated rings. The van der Waals surface area contributed by atoms with E-state index in [0.29, 0.717) is 43.5 Å². The minimum atomic E-state index is -0.502. The molecular weight excluding hydrogens is 452 g/mol. The van der Waals surface area contributed by atoms with Gasteiger partial charge in [0.15, 0.2) is 4.34 Å². The number of nitrogens with one attached hydrogen (secondary N) is 1. The van der Waals surface area contributed by atoms with E-state index in [1.165, 1.54) is 54.1 Å². The maximum atomic E-state index is 12.7. The molecule has 1 aromatic heterocycles. The molecule has 1 aliphatic heterocycles.